The van der Waals surface area contributed by atoms with Gasteiger partial charge >= 0.3 is 7.60 Å². The van der Waals surface area contributed by atoms with Gasteiger partial charge in [0.15, 0.2) is 0 Å². The molecule has 0 amide bonds. The highest BCUT2D eigenvalue weighted by Gasteiger charge is 2.59. The van der Waals surface area contributed by atoms with Gasteiger partial charge in [0.1, 0.15) is 17.8 Å². The molecule has 0 radical (unpaired) electrons. The number of fused-ring (bicyclic) bond motifs is 2. The predicted octanol–water partition coefficient (Wildman–Crippen LogP) is 0.780. The molecule has 17 heavy (non-hydrogen) atoms. The maximum Gasteiger partial charge on any atom is 0.325 e. The van der Waals surface area contributed by atoms with Crippen molar-refractivity contribution in [1.29, 1.82) is 0 Å². The Kier molecular flexibility index (Phi) is 3.65. The molecule has 2 rings (SSSR count). The average Bonchev–Trinajstić information content (AvgIpc) is 2.35. The average molecular weight is 266 g/mol. The fourth-order valence-electron chi connectivity index (χ4n) is 2.64. The summed E-state index contributed by atoms with van der Waals surface area (Å²) in [7, 11) is -2.00. The Labute approximate surface area is 101 Å². The van der Waals surface area contributed by atoms with E-state index in [4.69, 9.17) is 18.7 Å². The summed E-state index contributed by atoms with van der Waals surface area (Å²) in [6.45, 7) is 3.94. The Balaban J connectivity index is 2.24. The van der Waals surface area contributed by atoms with Crippen molar-refractivity contribution in [1.82, 2.24) is 0 Å². The zero-order chi connectivity index (χ0) is 12.7. The number of hydrogen-bond acceptors (Lipinski definition) is 5. The molecule has 0 aromatic carbocycles. The Morgan fingerprint density at radius 3 is 2.88 bits per heavy atom. The van der Waals surface area contributed by atoms with Crippen LogP contribution in [0.4, 0.5) is 0 Å². The van der Waals surface area contributed by atoms with Crippen molar-refractivity contribution in [2.24, 2.45) is 0 Å². The molecular formula is C10H19O6P. The minimum absolute atomic E-state index is 0.163. The SMILES string of the molecule is COC[C@@]12CCOC([C@H](C)O1)[C@@H]2OP(C)(=O)O. The standard InChI is InChI=1S/C10H19O6P/c1-7-8-9(16-17(3,11)12)10(15-7,6-13-2)4-5-14-8/h7-9H,4-6H2,1-3H3,(H,11,12)/t7-,8?,9-,10+/m0/s1. The second-order valence-electron chi connectivity index (χ2n) is 4.74. The van der Waals surface area contributed by atoms with Gasteiger partial charge in [0, 0.05) is 20.2 Å². The molecule has 6 nitrogen and oxygen atoms in total. The highest BCUT2D eigenvalue weighted by atomic mass is 31.2. The van der Waals surface area contributed by atoms with Crippen LogP contribution < -0.4 is 0 Å². The van der Waals surface area contributed by atoms with E-state index in [0.29, 0.717) is 19.6 Å². The van der Waals surface area contributed by atoms with Crippen LogP contribution in [0.25, 0.3) is 0 Å². The van der Waals surface area contributed by atoms with Crippen LogP contribution >= 0.6 is 7.60 Å². The van der Waals surface area contributed by atoms with E-state index in [0.717, 1.165) is 0 Å². The van der Waals surface area contributed by atoms with Gasteiger partial charge in [0.05, 0.1) is 19.3 Å². The van der Waals surface area contributed by atoms with Crippen LogP contribution in [0.15, 0.2) is 0 Å². The van der Waals surface area contributed by atoms with Crippen LogP contribution in [0, 0.1) is 0 Å². The van der Waals surface area contributed by atoms with E-state index >= 15 is 0 Å². The lowest BCUT2D eigenvalue weighted by Gasteiger charge is -2.38. The molecule has 0 aromatic heterocycles. The van der Waals surface area contributed by atoms with Crippen LogP contribution in [0.3, 0.4) is 0 Å². The molecule has 100 valence electrons. The van der Waals surface area contributed by atoms with E-state index in [-0.39, 0.29) is 12.2 Å². The molecule has 0 aromatic rings. The van der Waals surface area contributed by atoms with Crippen molar-refractivity contribution in [3.63, 3.8) is 0 Å². The first kappa shape index (κ1) is 13.5. The number of ether oxygens (including phenoxy) is 3. The highest BCUT2D eigenvalue weighted by molar-refractivity contribution is 7.51. The first-order valence-corrected chi connectivity index (χ1v) is 7.67. The topological polar surface area (TPSA) is 74.2 Å². The third-order valence-corrected chi connectivity index (χ3v) is 3.85. The zero-order valence-corrected chi connectivity index (χ0v) is 11.2. The lowest BCUT2D eigenvalue weighted by molar-refractivity contribution is -0.138. The second kappa shape index (κ2) is 4.61. The highest BCUT2D eigenvalue weighted by Crippen LogP contribution is 2.49. The third kappa shape index (κ3) is 2.57. The minimum atomic E-state index is -3.58. The smallest absolute Gasteiger partial charge is 0.325 e. The number of hydrogen-bond donors (Lipinski definition) is 1. The van der Waals surface area contributed by atoms with Gasteiger partial charge in [-0.1, -0.05) is 0 Å². The van der Waals surface area contributed by atoms with Gasteiger partial charge in [0.25, 0.3) is 0 Å². The van der Waals surface area contributed by atoms with Crippen molar-refractivity contribution in [2.75, 3.05) is 27.0 Å². The molecular weight excluding hydrogens is 247 g/mol. The van der Waals surface area contributed by atoms with Crippen molar-refractivity contribution in [3.05, 3.63) is 0 Å². The fourth-order valence-corrected chi connectivity index (χ4v) is 3.37. The van der Waals surface area contributed by atoms with Gasteiger partial charge in [0.2, 0.25) is 0 Å². The molecule has 2 aliphatic rings. The van der Waals surface area contributed by atoms with Crippen LogP contribution in [-0.2, 0) is 23.3 Å². The molecule has 0 saturated carbocycles. The van der Waals surface area contributed by atoms with Crippen LogP contribution in [0.5, 0.6) is 0 Å². The van der Waals surface area contributed by atoms with E-state index in [1.807, 2.05) is 6.92 Å². The van der Waals surface area contributed by atoms with E-state index in [9.17, 15) is 9.46 Å². The monoisotopic (exact) mass is 266 g/mol. The largest absolute Gasteiger partial charge is 0.382 e. The molecule has 0 spiro atoms. The van der Waals surface area contributed by atoms with Crippen molar-refractivity contribution >= 4 is 7.60 Å². The Bertz CT molecular complexity index is 325. The Morgan fingerprint density at radius 1 is 1.59 bits per heavy atom. The Hall–Kier alpha value is 0.0300. The predicted molar refractivity (Wildman–Crippen MR) is 60.1 cm³/mol. The summed E-state index contributed by atoms with van der Waals surface area (Å²) in [5.41, 5.74) is -0.661. The van der Waals surface area contributed by atoms with E-state index in [2.05, 4.69) is 0 Å². The normalized spacial score (nSPS) is 44.6. The lowest BCUT2D eigenvalue weighted by Crippen LogP contribution is -2.52. The van der Waals surface area contributed by atoms with Crippen LogP contribution in [0.1, 0.15) is 13.3 Å². The van der Waals surface area contributed by atoms with Gasteiger partial charge in [-0.25, -0.2) is 0 Å². The van der Waals surface area contributed by atoms with Gasteiger partial charge in [-0.15, -0.1) is 0 Å². The molecule has 2 fully saturated rings. The van der Waals surface area contributed by atoms with Crippen LogP contribution in [0.2, 0.25) is 0 Å². The molecule has 0 aliphatic carbocycles. The van der Waals surface area contributed by atoms with Crippen LogP contribution in [-0.4, -0.2) is 55.8 Å². The summed E-state index contributed by atoms with van der Waals surface area (Å²) in [6.07, 6.45) is -0.414. The Morgan fingerprint density at radius 2 is 2.29 bits per heavy atom. The van der Waals surface area contributed by atoms with Crippen molar-refractivity contribution < 1.29 is 28.2 Å². The first-order chi connectivity index (χ1) is 7.88. The summed E-state index contributed by atoms with van der Waals surface area (Å²) < 4.78 is 33.3. The summed E-state index contributed by atoms with van der Waals surface area (Å²) in [5, 5.41) is 0. The quantitative estimate of drug-likeness (QED) is 0.758. The molecule has 7 heteroatoms. The molecule has 5 atom stereocenters. The number of rotatable bonds is 4. The maximum atomic E-state index is 11.4. The van der Waals surface area contributed by atoms with Gasteiger partial charge in [-0.2, -0.15) is 0 Å². The summed E-state index contributed by atoms with van der Waals surface area (Å²) >= 11 is 0. The van der Waals surface area contributed by atoms with Gasteiger partial charge in [-0.3, -0.25) is 9.09 Å². The molecule has 2 saturated heterocycles. The molecule has 2 bridgehead atoms. The fraction of sp³-hybridized carbons (Fsp3) is 1.00. The zero-order valence-electron chi connectivity index (χ0n) is 10.3. The van der Waals surface area contributed by atoms with E-state index in [1.165, 1.54) is 6.66 Å². The summed E-state index contributed by atoms with van der Waals surface area (Å²) in [5.74, 6) is 0. The minimum Gasteiger partial charge on any atom is -0.382 e. The molecule has 2 unspecified atom stereocenters. The molecule has 2 aliphatic heterocycles. The molecule has 2 heterocycles. The third-order valence-electron chi connectivity index (χ3n) is 3.23. The van der Waals surface area contributed by atoms with Crippen molar-refractivity contribution in [3.8, 4) is 0 Å². The lowest BCUT2D eigenvalue weighted by atomic mass is 9.90. The second-order valence-corrected chi connectivity index (χ2v) is 6.55. The maximum absolute atomic E-state index is 11.4. The molecule has 1 N–H and O–H groups in total. The summed E-state index contributed by atoms with van der Waals surface area (Å²) in [6, 6.07) is 0. The number of methoxy groups -OCH3 is 1. The van der Waals surface area contributed by atoms with Crippen molar-refractivity contribution in [2.45, 2.75) is 37.3 Å². The van der Waals surface area contributed by atoms with Gasteiger partial charge in [-0.05, 0) is 6.92 Å². The first-order valence-electron chi connectivity index (χ1n) is 5.65. The van der Waals surface area contributed by atoms with E-state index in [1.54, 1.807) is 7.11 Å². The summed E-state index contributed by atoms with van der Waals surface area (Å²) in [4.78, 5) is 9.38. The van der Waals surface area contributed by atoms with E-state index < -0.39 is 19.3 Å². The van der Waals surface area contributed by atoms with Gasteiger partial charge < -0.3 is 19.1 Å².